The summed E-state index contributed by atoms with van der Waals surface area (Å²) in [6.45, 7) is 2.89. The van der Waals surface area contributed by atoms with Crippen molar-refractivity contribution in [3.63, 3.8) is 0 Å². The fourth-order valence-corrected chi connectivity index (χ4v) is 2.69. The van der Waals surface area contributed by atoms with Crippen LogP contribution in [0.2, 0.25) is 0 Å². The van der Waals surface area contributed by atoms with Gasteiger partial charge in [0.05, 0.1) is 13.7 Å². The topological polar surface area (TPSA) is 89.2 Å². The van der Waals surface area contributed by atoms with Crippen molar-refractivity contribution in [2.75, 3.05) is 31.2 Å². The Morgan fingerprint density at radius 2 is 1.83 bits per heavy atom. The third-order valence-electron chi connectivity index (χ3n) is 3.86. The van der Waals surface area contributed by atoms with Crippen LogP contribution < -0.4 is 15.8 Å². The number of methoxy groups -OCH3 is 1. The van der Waals surface area contributed by atoms with E-state index in [1.165, 1.54) is 19.3 Å². The molecule has 0 spiro atoms. The third kappa shape index (κ3) is 4.29. The zero-order valence-electron chi connectivity index (χ0n) is 13.3. The Morgan fingerprint density at radius 3 is 2.52 bits per heavy atom. The van der Waals surface area contributed by atoms with Gasteiger partial charge in [0.1, 0.15) is 11.6 Å². The summed E-state index contributed by atoms with van der Waals surface area (Å²) in [4.78, 5) is 15.2. The molecule has 1 aromatic carbocycles. The summed E-state index contributed by atoms with van der Waals surface area (Å²) >= 11 is 0. The molecule has 1 fully saturated rings. The maximum absolute atomic E-state index is 5.82. The molecule has 1 aliphatic heterocycles. The van der Waals surface area contributed by atoms with E-state index in [9.17, 15) is 0 Å². The van der Waals surface area contributed by atoms with Crippen LogP contribution in [-0.2, 0) is 6.54 Å². The van der Waals surface area contributed by atoms with Gasteiger partial charge < -0.3 is 15.8 Å². The molecule has 0 radical (unpaired) electrons. The first-order chi connectivity index (χ1) is 11.2. The number of hydrogen-bond acceptors (Lipinski definition) is 7. The lowest BCUT2D eigenvalue weighted by Crippen LogP contribution is -2.30. The summed E-state index contributed by atoms with van der Waals surface area (Å²) in [5, 5.41) is 3.16. The number of aromatic nitrogens is 3. The monoisotopic (exact) mass is 314 g/mol. The number of anilines is 3. The zero-order valence-corrected chi connectivity index (χ0v) is 13.3. The van der Waals surface area contributed by atoms with Crippen molar-refractivity contribution in [3.05, 3.63) is 30.1 Å². The third-order valence-corrected chi connectivity index (χ3v) is 3.86. The molecule has 0 unspecified atom stereocenters. The van der Waals surface area contributed by atoms with Crippen LogP contribution in [0.5, 0.6) is 5.75 Å². The van der Waals surface area contributed by atoms with Gasteiger partial charge in [-0.05, 0) is 50.2 Å². The number of likely N-dealkylation sites (tertiary alicyclic amines) is 1. The van der Waals surface area contributed by atoms with Crippen molar-refractivity contribution in [2.45, 2.75) is 25.8 Å². The smallest absolute Gasteiger partial charge is 0.232 e. The normalized spacial score (nSPS) is 15.3. The molecule has 122 valence electrons. The summed E-state index contributed by atoms with van der Waals surface area (Å²) in [7, 11) is 1.64. The lowest BCUT2D eigenvalue weighted by Gasteiger charge is -2.25. The number of benzene rings is 1. The molecule has 2 heterocycles. The molecule has 2 aromatic rings. The van der Waals surface area contributed by atoms with E-state index in [0.29, 0.717) is 18.3 Å². The van der Waals surface area contributed by atoms with E-state index in [2.05, 4.69) is 25.2 Å². The number of hydrogen-bond donors (Lipinski definition) is 2. The Balaban J connectivity index is 1.71. The quantitative estimate of drug-likeness (QED) is 0.874. The molecule has 0 saturated carbocycles. The van der Waals surface area contributed by atoms with E-state index in [0.717, 1.165) is 24.5 Å². The molecular weight excluding hydrogens is 292 g/mol. The van der Waals surface area contributed by atoms with Gasteiger partial charge in [0.25, 0.3) is 0 Å². The lowest BCUT2D eigenvalue weighted by molar-refractivity contribution is 0.216. The molecule has 7 nitrogen and oxygen atoms in total. The van der Waals surface area contributed by atoms with Crippen molar-refractivity contribution >= 4 is 17.6 Å². The minimum atomic E-state index is 0.239. The van der Waals surface area contributed by atoms with Crippen molar-refractivity contribution in [3.8, 4) is 5.75 Å². The van der Waals surface area contributed by atoms with Gasteiger partial charge in [-0.1, -0.05) is 6.42 Å². The maximum Gasteiger partial charge on any atom is 0.232 e. The van der Waals surface area contributed by atoms with Gasteiger partial charge in [0.15, 0.2) is 0 Å². The minimum Gasteiger partial charge on any atom is -0.497 e. The zero-order chi connectivity index (χ0) is 16.1. The van der Waals surface area contributed by atoms with Gasteiger partial charge in [0.2, 0.25) is 11.9 Å². The first kappa shape index (κ1) is 15.5. The molecule has 1 aromatic heterocycles. The number of nitrogens with two attached hydrogens (primary N) is 1. The predicted octanol–water partition coefficient (Wildman–Crippen LogP) is 2.19. The highest BCUT2D eigenvalue weighted by Crippen LogP contribution is 2.18. The summed E-state index contributed by atoms with van der Waals surface area (Å²) in [5.41, 5.74) is 6.70. The molecule has 0 bridgehead atoms. The fraction of sp³-hybridized carbons (Fsp3) is 0.438. The molecule has 0 amide bonds. The fourth-order valence-electron chi connectivity index (χ4n) is 2.69. The van der Waals surface area contributed by atoms with Crippen molar-refractivity contribution in [1.29, 1.82) is 0 Å². The molecule has 1 saturated heterocycles. The van der Waals surface area contributed by atoms with Crippen LogP contribution in [0.1, 0.15) is 25.1 Å². The highest BCUT2D eigenvalue weighted by Gasteiger charge is 2.13. The van der Waals surface area contributed by atoms with Crippen LogP contribution in [0.25, 0.3) is 0 Å². The van der Waals surface area contributed by atoms with Crippen molar-refractivity contribution < 1.29 is 4.74 Å². The van der Waals surface area contributed by atoms with Crippen LogP contribution in [0.3, 0.4) is 0 Å². The Morgan fingerprint density at radius 1 is 1.09 bits per heavy atom. The van der Waals surface area contributed by atoms with Crippen LogP contribution in [0, 0.1) is 0 Å². The van der Waals surface area contributed by atoms with Crippen molar-refractivity contribution in [1.82, 2.24) is 19.9 Å². The van der Waals surface area contributed by atoms with Crippen LogP contribution in [0.4, 0.5) is 17.6 Å². The van der Waals surface area contributed by atoms with Gasteiger partial charge in [0, 0.05) is 5.69 Å². The maximum atomic E-state index is 5.82. The van der Waals surface area contributed by atoms with Crippen molar-refractivity contribution in [2.24, 2.45) is 0 Å². The molecule has 23 heavy (non-hydrogen) atoms. The summed E-state index contributed by atoms with van der Waals surface area (Å²) < 4.78 is 5.15. The average Bonchev–Trinajstić information content (AvgIpc) is 2.56. The standard InChI is InChI=1S/C16H22N6O/c1-23-13-7-5-12(6-8-13)18-16-20-14(19-15(17)21-16)11-22-9-3-2-4-10-22/h5-8H,2-4,9-11H2,1H3,(H3,17,18,19,20,21). The Hall–Kier alpha value is -2.41. The number of nitrogens with zero attached hydrogens (tertiary/aromatic N) is 4. The molecule has 1 aliphatic rings. The first-order valence-electron chi connectivity index (χ1n) is 7.87. The van der Waals surface area contributed by atoms with E-state index < -0.39 is 0 Å². The highest BCUT2D eigenvalue weighted by atomic mass is 16.5. The molecule has 0 aliphatic carbocycles. The first-order valence-corrected chi connectivity index (χ1v) is 7.87. The molecular formula is C16H22N6O. The second-order valence-corrected chi connectivity index (χ2v) is 5.62. The van der Waals surface area contributed by atoms with E-state index in [1.54, 1.807) is 7.11 Å². The Bertz CT molecular complexity index is 640. The van der Waals surface area contributed by atoms with Crippen LogP contribution in [0.15, 0.2) is 24.3 Å². The average molecular weight is 314 g/mol. The highest BCUT2D eigenvalue weighted by molar-refractivity contribution is 5.55. The van der Waals surface area contributed by atoms with Gasteiger partial charge in [-0.15, -0.1) is 0 Å². The molecule has 3 rings (SSSR count). The second-order valence-electron chi connectivity index (χ2n) is 5.62. The van der Waals surface area contributed by atoms with Gasteiger partial charge in [-0.25, -0.2) is 0 Å². The van der Waals surface area contributed by atoms with E-state index in [1.807, 2.05) is 24.3 Å². The number of ether oxygens (including phenoxy) is 1. The number of nitrogen functional groups attached to an aromatic ring is 1. The number of rotatable bonds is 5. The molecule has 0 atom stereocenters. The van der Waals surface area contributed by atoms with E-state index in [-0.39, 0.29) is 5.95 Å². The van der Waals surface area contributed by atoms with E-state index >= 15 is 0 Å². The van der Waals surface area contributed by atoms with Gasteiger partial charge >= 0.3 is 0 Å². The van der Waals surface area contributed by atoms with E-state index in [4.69, 9.17) is 10.5 Å². The molecule has 7 heteroatoms. The SMILES string of the molecule is COc1ccc(Nc2nc(N)nc(CN3CCCCC3)n2)cc1. The summed E-state index contributed by atoms with van der Waals surface area (Å²) in [6, 6.07) is 7.56. The predicted molar refractivity (Wildman–Crippen MR) is 89.6 cm³/mol. The minimum absolute atomic E-state index is 0.239. The van der Waals surface area contributed by atoms with Crippen LogP contribution in [-0.4, -0.2) is 40.1 Å². The number of nitrogens with one attached hydrogen (secondary N) is 1. The largest absolute Gasteiger partial charge is 0.497 e. The lowest BCUT2D eigenvalue weighted by atomic mass is 10.1. The summed E-state index contributed by atoms with van der Waals surface area (Å²) in [6.07, 6.45) is 3.77. The van der Waals surface area contributed by atoms with Gasteiger partial charge in [-0.2, -0.15) is 15.0 Å². The van der Waals surface area contributed by atoms with Gasteiger partial charge in [-0.3, -0.25) is 4.90 Å². The summed E-state index contributed by atoms with van der Waals surface area (Å²) in [5.74, 6) is 2.21. The Labute approximate surface area is 135 Å². The number of piperidine rings is 1. The second kappa shape index (κ2) is 7.23. The Kier molecular flexibility index (Phi) is 4.87. The molecule has 3 N–H and O–H groups in total. The van der Waals surface area contributed by atoms with Crippen LogP contribution >= 0.6 is 0 Å².